The lowest BCUT2D eigenvalue weighted by Gasteiger charge is -2.11. The van der Waals surface area contributed by atoms with E-state index < -0.39 is 17.6 Å². The molecule has 0 heterocycles. The maximum absolute atomic E-state index is 12.6. The van der Waals surface area contributed by atoms with Crippen molar-refractivity contribution in [2.45, 2.75) is 12.6 Å². The largest absolute Gasteiger partial charge is 0.417 e. The summed E-state index contributed by atoms with van der Waals surface area (Å²) in [6, 6.07) is 3.49. The van der Waals surface area contributed by atoms with Gasteiger partial charge in [-0.1, -0.05) is 15.9 Å². The molecule has 0 radical (unpaired) electrons. The third-order valence-corrected chi connectivity index (χ3v) is 2.76. The summed E-state index contributed by atoms with van der Waals surface area (Å²) in [5.41, 5.74) is -0.739. The minimum Gasteiger partial charge on any atom is -0.326 e. The van der Waals surface area contributed by atoms with Gasteiger partial charge >= 0.3 is 6.18 Å². The van der Waals surface area contributed by atoms with E-state index in [0.29, 0.717) is 0 Å². The summed E-state index contributed by atoms with van der Waals surface area (Å²) in [7, 11) is 0. The van der Waals surface area contributed by atoms with Crippen molar-refractivity contribution in [2.24, 2.45) is 0 Å². The molecule has 1 N–H and O–H groups in total. The number of rotatable bonds is 3. The highest BCUT2D eigenvalue weighted by Crippen LogP contribution is 2.36. The van der Waals surface area contributed by atoms with Gasteiger partial charge in [-0.15, -0.1) is 11.6 Å². The molecule has 0 aromatic heterocycles. The van der Waals surface area contributed by atoms with E-state index in [0.717, 1.165) is 6.07 Å². The van der Waals surface area contributed by atoms with Crippen molar-refractivity contribution in [1.82, 2.24) is 0 Å². The summed E-state index contributed by atoms with van der Waals surface area (Å²) in [5.74, 6) is -0.301. The van der Waals surface area contributed by atoms with Crippen molar-refractivity contribution in [3.05, 3.63) is 28.2 Å². The molecule has 94 valence electrons. The van der Waals surface area contributed by atoms with Crippen LogP contribution in [-0.2, 0) is 11.0 Å². The molecule has 2 nitrogen and oxygen atoms in total. The molecule has 1 rings (SSSR count). The quantitative estimate of drug-likeness (QED) is 0.833. The van der Waals surface area contributed by atoms with E-state index in [-0.39, 0.29) is 22.5 Å². The SMILES string of the molecule is O=C(CCCl)Nc1ccc(Br)c(C(F)(F)F)c1. The first-order chi connectivity index (χ1) is 7.84. The summed E-state index contributed by atoms with van der Waals surface area (Å²) in [4.78, 5) is 11.2. The molecular weight excluding hydrogens is 322 g/mol. The van der Waals surface area contributed by atoms with Gasteiger partial charge in [0.05, 0.1) is 5.56 Å². The van der Waals surface area contributed by atoms with Gasteiger partial charge in [0.2, 0.25) is 5.91 Å². The molecule has 0 saturated heterocycles. The topological polar surface area (TPSA) is 29.1 Å². The fourth-order valence-corrected chi connectivity index (χ4v) is 1.77. The molecule has 0 saturated carbocycles. The lowest BCUT2D eigenvalue weighted by atomic mass is 10.2. The minimum atomic E-state index is -4.47. The number of anilines is 1. The monoisotopic (exact) mass is 329 g/mol. The number of alkyl halides is 4. The molecule has 0 spiro atoms. The first-order valence-corrected chi connectivity index (χ1v) is 5.90. The minimum absolute atomic E-state index is 0.0545. The van der Waals surface area contributed by atoms with E-state index in [2.05, 4.69) is 21.2 Å². The third-order valence-electron chi connectivity index (χ3n) is 1.88. The Labute approximate surface area is 109 Å². The Bertz CT molecular complexity index is 423. The second kappa shape index (κ2) is 5.73. The number of hydrogen-bond acceptors (Lipinski definition) is 1. The van der Waals surface area contributed by atoms with Crippen LogP contribution in [0.2, 0.25) is 0 Å². The van der Waals surface area contributed by atoms with Gasteiger partial charge in [0.1, 0.15) is 0 Å². The smallest absolute Gasteiger partial charge is 0.326 e. The number of carbonyl (C=O) groups is 1. The van der Waals surface area contributed by atoms with E-state index in [9.17, 15) is 18.0 Å². The number of halogens is 5. The summed E-state index contributed by atoms with van der Waals surface area (Å²) >= 11 is 8.15. The number of benzene rings is 1. The molecule has 0 atom stereocenters. The van der Waals surface area contributed by atoms with Gasteiger partial charge in [0.25, 0.3) is 0 Å². The Morgan fingerprint density at radius 3 is 2.59 bits per heavy atom. The molecule has 17 heavy (non-hydrogen) atoms. The van der Waals surface area contributed by atoms with Crippen molar-refractivity contribution in [1.29, 1.82) is 0 Å². The van der Waals surface area contributed by atoms with E-state index in [1.54, 1.807) is 0 Å². The first-order valence-electron chi connectivity index (χ1n) is 4.57. The molecule has 0 unspecified atom stereocenters. The molecule has 7 heteroatoms. The van der Waals surface area contributed by atoms with Crippen LogP contribution in [0.3, 0.4) is 0 Å². The van der Waals surface area contributed by atoms with Gasteiger partial charge in [0, 0.05) is 22.5 Å². The van der Waals surface area contributed by atoms with E-state index in [4.69, 9.17) is 11.6 Å². The summed E-state index contributed by atoms with van der Waals surface area (Å²) in [6.07, 6.45) is -4.41. The molecule has 0 aliphatic heterocycles. The van der Waals surface area contributed by atoms with Crippen molar-refractivity contribution in [3.8, 4) is 0 Å². The Kier molecular flexibility index (Phi) is 4.82. The highest BCUT2D eigenvalue weighted by Gasteiger charge is 2.33. The summed E-state index contributed by atoms with van der Waals surface area (Å²) < 4.78 is 37.6. The standard InChI is InChI=1S/C10H8BrClF3NO/c11-8-2-1-6(16-9(17)3-4-12)5-7(8)10(13,14)15/h1-2,5H,3-4H2,(H,16,17). The van der Waals surface area contributed by atoms with Crippen LogP contribution in [-0.4, -0.2) is 11.8 Å². The van der Waals surface area contributed by atoms with Gasteiger partial charge in [-0.2, -0.15) is 13.2 Å². The van der Waals surface area contributed by atoms with Gasteiger partial charge in [-0.3, -0.25) is 4.79 Å². The van der Waals surface area contributed by atoms with Gasteiger partial charge in [-0.25, -0.2) is 0 Å². The highest BCUT2D eigenvalue weighted by molar-refractivity contribution is 9.10. The Hall–Kier alpha value is -0.750. The lowest BCUT2D eigenvalue weighted by Crippen LogP contribution is -2.13. The van der Waals surface area contributed by atoms with Crippen molar-refractivity contribution < 1.29 is 18.0 Å². The maximum atomic E-state index is 12.6. The number of hydrogen-bond donors (Lipinski definition) is 1. The number of amides is 1. The van der Waals surface area contributed by atoms with Crippen LogP contribution in [0.4, 0.5) is 18.9 Å². The molecule has 0 aliphatic carbocycles. The van der Waals surface area contributed by atoms with Crippen LogP contribution >= 0.6 is 27.5 Å². The maximum Gasteiger partial charge on any atom is 0.417 e. The van der Waals surface area contributed by atoms with Gasteiger partial charge in [0.15, 0.2) is 0 Å². The number of nitrogens with one attached hydrogen (secondary N) is 1. The van der Waals surface area contributed by atoms with Crippen LogP contribution in [0, 0.1) is 0 Å². The fourth-order valence-electron chi connectivity index (χ4n) is 1.13. The predicted octanol–water partition coefficient (Wildman–Crippen LogP) is 4.04. The average Bonchev–Trinajstić information content (AvgIpc) is 2.19. The van der Waals surface area contributed by atoms with Crippen molar-refractivity contribution >= 4 is 39.1 Å². The Balaban J connectivity index is 2.93. The van der Waals surface area contributed by atoms with E-state index in [1.807, 2.05) is 0 Å². The molecule has 0 aliphatic rings. The number of carbonyl (C=O) groups excluding carboxylic acids is 1. The molecular formula is C10H8BrClF3NO. The summed E-state index contributed by atoms with van der Waals surface area (Å²) in [6.45, 7) is 0. The van der Waals surface area contributed by atoms with Crippen LogP contribution in [0.15, 0.2) is 22.7 Å². The van der Waals surface area contributed by atoms with Crippen molar-refractivity contribution in [2.75, 3.05) is 11.2 Å². The highest BCUT2D eigenvalue weighted by atomic mass is 79.9. The van der Waals surface area contributed by atoms with E-state index in [1.165, 1.54) is 12.1 Å². The normalized spacial score (nSPS) is 11.4. The Morgan fingerprint density at radius 1 is 1.41 bits per heavy atom. The second-order valence-corrected chi connectivity index (χ2v) is 4.41. The second-order valence-electron chi connectivity index (χ2n) is 3.18. The zero-order valence-electron chi connectivity index (χ0n) is 8.44. The van der Waals surface area contributed by atoms with Crippen LogP contribution in [0.5, 0.6) is 0 Å². The lowest BCUT2D eigenvalue weighted by molar-refractivity contribution is -0.138. The fraction of sp³-hybridized carbons (Fsp3) is 0.300. The zero-order chi connectivity index (χ0) is 13.1. The third kappa shape index (κ3) is 4.20. The van der Waals surface area contributed by atoms with Gasteiger partial charge in [-0.05, 0) is 18.2 Å². The van der Waals surface area contributed by atoms with Crippen LogP contribution < -0.4 is 5.32 Å². The van der Waals surface area contributed by atoms with Crippen LogP contribution in [0.1, 0.15) is 12.0 Å². The molecule has 1 amide bonds. The average molecular weight is 331 g/mol. The van der Waals surface area contributed by atoms with Crippen molar-refractivity contribution in [3.63, 3.8) is 0 Å². The zero-order valence-corrected chi connectivity index (χ0v) is 10.8. The van der Waals surface area contributed by atoms with Crippen LogP contribution in [0.25, 0.3) is 0 Å². The van der Waals surface area contributed by atoms with Gasteiger partial charge < -0.3 is 5.32 Å². The van der Waals surface area contributed by atoms with E-state index >= 15 is 0 Å². The Morgan fingerprint density at radius 2 is 2.06 bits per heavy atom. The first kappa shape index (κ1) is 14.3. The predicted molar refractivity (Wildman–Crippen MR) is 63.1 cm³/mol. The molecule has 0 fully saturated rings. The molecule has 0 bridgehead atoms. The molecule has 1 aromatic carbocycles. The summed E-state index contributed by atoms with van der Waals surface area (Å²) in [5, 5.41) is 2.34. The molecule has 1 aromatic rings.